The second-order valence-electron chi connectivity index (χ2n) is 7.77. The molecule has 6 nitrogen and oxygen atoms in total. The Bertz CT molecular complexity index is 897. The highest BCUT2D eigenvalue weighted by Crippen LogP contribution is 2.24. The van der Waals surface area contributed by atoms with Gasteiger partial charge in [-0.2, -0.15) is 0 Å². The molecule has 0 bridgehead atoms. The molecule has 0 radical (unpaired) electrons. The molecule has 0 saturated carbocycles. The Morgan fingerprint density at radius 2 is 1.70 bits per heavy atom. The van der Waals surface area contributed by atoms with Crippen molar-refractivity contribution in [2.45, 2.75) is 44.0 Å². The summed E-state index contributed by atoms with van der Waals surface area (Å²) in [4.78, 5) is 12.8. The maximum atomic E-state index is 12.6. The van der Waals surface area contributed by atoms with Crippen LogP contribution >= 0.6 is 0 Å². The molecule has 2 aromatic carbocycles. The Hall–Kier alpha value is -2.38. The zero-order valence-electron chi connectivity index (χ0n) is 18.2. The summed E-state index contributed by atoms with van der Waals surface area (Å²) < 4.78 is 31.6. The summed E-state index contributed by atoms with van der Waals surface area (Å²) in [7, 11) is -0.372. The van der Waals surface area contributed by atoms with Gasteiger partial charge in [-0.15, -0.1) is 0 Å². The van der Waals surface area contributed by atoms with Crippen LogP contribution < -0.4 is 10.1 Å². The Kier molecular flexibility index (Phi) is 8.87. The van der Waals surface area contributed by atoms with Crippen LogP contribution in [-0.2, 0) is 14.8 Å². The quantitative estimate of drug-likeness (QED) is 0.582. The van der Waals surface area contributed by atoms with Gasteiger partial charge in [0, 0.05) is 20.0 Å². The molecular formula is C23H32N2O4S. The van der Waals surface area contributed by atoms with Crippen molar-refractivity contribution in [3.8, 4) is 5.75 Å². The first-order valence-corrected chi connectivity index (χ1v) is 11.6. The molecule has 0 unspecified atom stereocenters. The van der Waals surface area contributed by atoms with Gasteiger partial charge < -0.3 is 10.1 Å². The molecule has 2 aromatic rings. The highest BCUT2D eigenvalue weighted by Gasteiger charge is 2.21. The lowest BCUT2D eigenvalue weighted by Gasteiger charge is -2.22. The molecule has 0 aliphatic carbocycles. The Balaban J connectivity index is 1.92. The van der Waals surface area contributed by atoms with Crippen LogP contribution in [0.15, 0.2) is 59.5 Å². The SMILES string of the molecule is COc1ccc([C@H](CC(C)C)NC(=O)CCCN(C)S(=O)(=O)c2ccccc2)cc1. The number of amides is 1. The van der Waals surface area contributed by atoms with Crippen LogP contribution in [0, 0.1) is 5.92 Å². The normalized spacial score (nSPS) is 12.7. The molecule has 2 rings (SSSR count). The Morgan fingerprint density at radius 1 is 1.07 bits per heavy atom. The average Bonchev–Trinajstić information content (AvgIpc) is 2.73. The molecule has 1 atom stereocenters. The number of nitrogens with zero attached hydrogens (tertiary/aromatic N) is 1. The third-order valence-electron chi connectivity index (χ3n) is 4.89. The molecule has 0 saturated heterocycles. The molecular weight excluding hydrogens is 400 g/mol. The number of carbonyl (C=O) groups is 1. The number of hydrogen-bond donors (Lipinski definition) is 1. The van der Waals surface area contributed by atoms with Crippen molar-refractivity contribution < 1.29 is 17.9 Å². The van der Waals surface area contributed by atoms with Gasteiger partial charge in [-0.1, -0.05) is 44.2 Å². The Labute approximate surface area is 180 Å². The van der Waals surface area contributed by atoms with Crippen molar-refractivity contribution >= 4 is 15.9 Å². The highest BCUT2D eigenvalue weighted by molar-refractivity contribution is 7.89. The van der Waals surface area contributed by atoms with Gasteiger partial charge >= 0.3 is 0 Å². The maximum absolute atomic E-state index is 12.6. The molecule has 7 heteroatoms. The number of rotatable bonds is 11. The van der Waals surface area contributed by atoms with Gasteiger partial charge in [0.25, 0.3) is 0 Å². The van der Waals surface area contributed by atoms with Crippen LogP contribution in [0.5, 0.6) is 5.75 Å². The topological polar surface area (TPSA) is 75.7 Å². The van der Waals surface area contributed by atoms with E-state index in [1.54, 1.807) is 44.5 Å². The minimum Gasteiger partial charge on any atom is -0.497 e. The largest absolute Gasteiger partial charge is 0.497 e. The average molecular weight is 433 g/mol. The smallest absolute Gasteiger partial charge is 0.242 e. The van der Waals surface area contributed by atoms with Gasteiger partial charge in [0.05, 0.1) is 18.0 Å². The van der Waals surface area contributed by atoms with Crippen molar-refractivity contribution in [3.05, 3.63) is 60.2 Å². The van der Waals surface area contributed by atoms with E-state index in [4.69, 9.17) is 4.74 Å². The first-order chi connectivity index (χ1) is 14.2. The predicted molar refractivity (Wildman–Crippen MR) is 119 cm³/mol. The van der Waals surface area contributed by atoms with Crippen LogP contribution in [0.3, 0.4) is 0 Å². The number of carbonyl (C=O) groups excluding carboxylic acids is 1. The number of hydrogen-bond acceptors (Lipinski definition) is 4. The highest BCUT2D eigenvalue weighted by atomic mass is 32.2. The fourth-order valence-electron chi connectivity index (χ4n) is 3.21. The van der Waals surface area contributed by atoms with Gasteiger partial charge in [-0.05, 0) is 48.6 Å². The van der Waals surface area contributed by atoms with Crippen LogP contribution in [0.25, 0.3) is 0 Å². The maximum Gasteiger partial charge on any atom is 0.242 e. The van der Waals surface area contributed by atoms with E-state index >= 15 is 0 Å². The fraction of sp³-hybridized carbons (Fsp3) is 0.435. The van der Waals surface area contributed by atoms with E-state index in [0.717, 1.165) is 17.7 Å². The summed E-state index contributed by atoms with van der Waals surface area (Å²) in [5.41, 5.74) is 1.03. The number of methoxy groups -OCH3 is 1. The van der Waals surface area contributed by atoms with E-state index in [1.807, 2.05) is 24.3 Å². The molecule has 0 heterocycles. The monoisotopic (exact) mass is 432 g/mol. The fourth-order valence-corrected chi connectivity index (χ4v) is 4.44. The van der Waals surface area contributed by atoms with Crippen LogP contribution in [0.1, 0.15) is 44.7 Å². The molecule has 0 aliphatic rings. The standard InChI is InChI=1S/C23H32N2O4S/c1-18(2)17-22(19-12-14-20(29-4)15-13-19)24-23(26)11-8-16-25(3)30(27,28)21-9-6-5-7-10-21/h5-7,9-10,12-15,18,22H,8,11,16-17H2,1-4H3,(H,24,26)/t22-/m0/s1. The minimum absolute atomic E-state index is 0.0815. The van der Waals surface area contributed by atoms with E-state index in [0.29, 0.717) is 12.3 Å². The number of sulfonamides is 1. The first-order valence-electron chi connectivity index (χ1n) is 10.2. The lowest BCUT2D eigenvalue weighted by atomic mass is 9.96. The van der Waals surface area contributed by atoms with Crippen molar-refractivity contribution in [3.63, 3.8) is 0 Å². The van der Waals surface area contributed by atoms with Gasteiger partial charge in [0.2, 0.25) is 15.9 Å². The molecule has 30 heavy (non-hydrogen) atoms. The summed E-state index contributed by atoms with van der Waals surface area (Å²) in [5, 5.41) is 3.10. The molecule has 0 spiro atoms. The number of benzene rings is 2. The lowest BCUT2D eigenvalue weighted by Crippen LogP contribution is -2.31. The predicted octanol–water partition coefficient (Wildman–Crippen LogP) is 4.00. The van der Waals surface area contributed by atoms with E-state index in [-0.39, 0.29) is 29.8 Å². The van der Waals surface area contributed by atoms with E-state index in [9.17, 15) is 13.2 Å². The summed E-state index contributed by atoms with van der Waals surface area (Å²) in [5.74, 6) is 1.11. The van der Waals surface area contributed by atoms with E-state index in [1.165, 1.54) is 4.31 Å². The van der Waals surface area contributed by atoms with Crippen molar-refractivity contribution in [1.82, 2.24) is 9.62 Å². The molecule has 0 aliphatic heterocycles. The van der Waals surface area contributed by atoms with Gasteiger partial charge in [-0.25, -0.2) is 12.7 Å². The molecule has 0 fully saturated rings. The van der Waals surface area contributed by atoms with Crippen molar-refractivity contribution in [2.75, 3.05) is 20.7 Å². The summed E-state index contributed by atoms with van der Waals surface area (Å²) in [6.45, 7) is 4.51. The van der Waals surface area contributed by atoms with Gasteiger partial charge in [-0.3, -0.25) is 4.79 Å². The first kappa shape index (κ1) is 23.9. The summed E-state index contributed by atoms with van der Waals surface area (Å²) in [6.07, 6.45) is 1.53. The number of ether oxygens (including phenoxy) is 1. The van der Waals surface area contributed by atoms with E-state index in [2.05, 4.69) is 19.2 Å². The summed E-state index contributed by atoms with van der Waals surface area (Å²) >= 11 is 0. The van der Waals surface area contributed by atoms with Crippen LogP contribution in [0.2, 0.25) is 0 Å². The van der Waals surface area contributed by atoms with Crippen LogP contribution in [-0.4, -0.2) is 39.3 Å². The minimum atomic E-state index is -3.54. The lowest BCUT2D eigenvalue weighted by molar-refractivity contribution is -0.122. The second kappa shape index (κ2) is 11.1. The zero-order chi connectivity index (χ0) is 22.1. The zero-order valence-corrected chi connectivity index (χ0v) is 19.0. The third-order valence-corrected chi connectivity index (χ3v) is 6.76. The molecule has 0 aromatic heterocycles. The Morgan fingerprint density at radius 3 is 2.27 bits per heavy atom. The molecule has 1 N–H and O–H groups in total. The van der Waals surface area contributed by atoms with Gasteiger partial charge in [0.1, 0.15) is 5.75 Å². The van der Waals surface area contributed by atoms with Crippen molar-refractivity contribution in [1.29, 1.82) is 0 Å². The molecule has 164 valence electrons. The third kappa shape index (κ3) is 6.85. The number of nitrogens with one attached hydrogen (secondary N) is 1. The molecule has 1 amide bonds. The van der Waals surface area contributed by atoms with Gasteiger partial charge in [0.15, 0.2) is 0 Å². The van der Waals surface area contributed by atoms with Crippen LogP contribution in [0.4, 0.5) is 0 Å². The van der Waals surface area contributed by atoms with Crippen molar-refractivity contribution in [2.24, 2.45) is 5.92 Å². The van der Waals surface area contributed by atoms with E-state index < -0.39 is 10.0 Å². The second-order valence-corrected chi connectivity index (χ2v) is 9.81. The summed E-state index contributed by atoms with van der Waals surface area (Å²) in [6, 6.07) is 15.9.